The second kappa shape index (κ2) is 2.41. The van der Waals surface area contributed by atoms with Crippen LogP contribution < -0.4 is 0 Å². The van der Waals surface area contributed by atoms with Crippen LogP contribution in [0, 0.1) is 11.3 Å². The molecule has 2 nitrogen and oxygen atoms in total. The fourth-order valence-electron chi connectivity index (χ4n) is 1.80. The third kappa shape index (κ3) is 1.10. The van der Waals surface area contributed by atoms with Gasteiger partial charge in [0.1, 0.15) is 11.5 Å². The summed E-state index contributed by atoms with van der Waals surface area (Å²) in [6.07, 6.45) is 2.08. The zero-order chi connectivity index (χ0) is 8.77. The van der Waals surface area contributed by atoms with Crippen molar-refractivity contribution in [3.8, 4) is 0 Å². The van der Waals surface area contributed by atoms with Crippen LogP contribution in [0.5, 0.6) is 0 Å². The molecule has 0 bridgehead atoms. The molecule has 0 aromatic heterocycles. The molecule has 0 spiro atoms. The van der Waals surface area contributed by atoms with Gasteiger partial charge in [0.15, 0.2) is 0 Å². The molecule has 0 radical (unpaired) electrons. The van der Waals surface area contributed by atoms with Crippen molar-refractivity contribution in [3.05, 3.63) is 11.5 Å². The smallest absolute Gasteiger partial charge is 0.230 e. The Kier molecular flexibility index (Phi) is 1.60. The lowest BCUT2D eigenvalue weighted by Gasteiger charge is -2.35. The Bertz CT molecular complexity index is 228. The minimum atomic E-state index is 0.368. The van der Waals surface area contributed by atoms with E-state index in [4.69, 9.17) is 9.47 Å². The van der Waals surface area contributed by atoms with E-state index in [1.807, 2.05) is 0 Å². The molecule has 0 aromatic rings. The number of ether oxygens (including phenoxy) is 2. The van der Waals surface area contributed by atoms with E-state index < -0.39 is 0 Å². The Morgan fingerprint density at radius 3 is 2.67 bits per heavy atom. The molecule has 12 heavy (non-hydrogen) atoms. The van der Waals surface area contributed by atoms with Crippen LogP contribution in [0.4, 0.5) is 0 Å². The summed E-state index contributed by atoms with van der Waals surface area (Å²) < 4.78 is 10.8. The Balaban J connectivity index is 2.23. The van der Waals surface area contributed by atoms with Crippen LogP contribution in [0.2, 0.25) is 0 Å². The average molecular weight is 168 g/mol. The van der Waals surface area contributed by atoms with Crippen LogP contribution in [0.3, 0.4) is 0 Å². The molecule has 1 aliphatic carbocycles. The minimum absolute atomic E-state index is 0.368. The molecule has 2 rings (SSSR count). The SMILES string of the molecule is C[C@@H]1CC2=C(CC1(C)C)OCO2. The standard InChI is InChI=1S/C10H16O2/c1-7-4-8-9(12-6-11-8)5-10(7,2)3/h7H,4-6H2,1-3H3/t7-/m1/s1. The van der Waals surface area contributed by atoms with Gasteiger partial charge >= 0.3 is 0 Å². The van der Waals surface area contributed by atoms with Crippen LogP contribution in [0.25, 0.3) is 0 Å². The zero-order valence-corrected chi connectivity index (χ0v) is 8.02. The highest BCUT2D eigenvalue weighted by atomic mass is 16.7. The number of hydrogen-bond acceptors (Lipinski definition) is 2. The van der Waals surface area contributed by atoms with Gasteiger partial charge in [0.25, 0.3) is 0 Å². The van der Waals surface area contributed by atoms with Gasteiger partial charge in [-0.05, 0) is 11.3 Å². The fourth-order valence-corrected chi connectivity index (χ4v) is 1.80. The van der Waals surface area contributed by atoms with Gasteiger partial charge in [-0.25, -0.2) is 0 Å². The summed E-state index contributed by atoms with van der Waals surface area (Å²) in [5, 5.41) is 0. The van der Waals surface area contributed by atoms with E-state index in [1.54, 1.807) is 0 Å². The molecule has 0 aromatic carbocycles. The van der Waals surface area contributed by atoms with Crippen molar-refractivity contribution in [1.82, 2.24) is 0 Å². The summed E-state index contributed by atoms with van der Waals surface area (Å²) in [7, 11) is 0. The minimum Gasteiger partial charge on any atom is -0.458 e. The second-order valence-electron chi connectivity index (χ2n) is 4.52. The molecule has 2 aliphatic rings. The summed E-state index contributed by atoms with van der Waals surface area (Å²) in [6, 6.07) is 0. The molecule has 0 saturated heterocycles. The van der Waals surface area contributed by atoms with Gasteiger partial charge in [-0.3, -0.25) is 0 Å². The maximum atomic E-state index is 5.40. The van der Waals surface area contributed by atoms with Crippen molar-refractivity contribution in [2.45, 2.75) is 33.6 Å². The molecule has 1 aliphatic heterocycles. The van der Waals surface area contributed by atoms with Crippen LogP contribution in [-0.4, -0.2) is 6.79 Å². The summed E-state index contributed by atoms with van der Waals surface area (Å²) in [6.45, 7) is 7.31. The third-order valence-electron chi connectivity index (χ3n) is 3.22. The highest BCUT2D eigenvalue weighted by molar-refractivity contribution is 5.13. The normalized spacial score (nSPS) is 32.4. The number of rotatable bonds is 0. The largest absolute Gasteiger partial charge is 0.458 e. The van der Waals surface area contributed by atoms with Gasteiger partial charge in [-0.2, -0.15) is 0 Å². The average Bonchev–Trinajstić information content (AvgIpc) is 2.35. The Labute approximate surface area is 73.5 Å². The van der Waals surface area contributed by atoms with Crippen molar-refractivity contribution in [3.63, 3.8) is 0 Å². The van der Waals surface area contributed by atoms with Crippen LogP contribution >= 0.6 is 0 Å². The Morgan fingerprint density at radius 1 is 1.25 bits per heavy atom. The summed E-state index contributed by atoms with van der Waals surface area (Å²) >= 11 is 0. The second-order valence-corrected chi connectivity index (χ2v) is 4.52. The molecule has 2 heteroatoms. The van der Waals surface area contributed by atoms with Crippen LogP contribution in [-0.2, 0) is 9.47 Å². The summed E-state index contributed by atoms with van der Waals surface area (Å²) in [5.41, 5.74) is 0.368. The molecule has 1 heterocycles. The first kappa shape index (κ1) is 7.96. The Morgan fingerprint density at radius 2 is 1.92 bits per heavy atom. The van der Waals surface area contributed by atoms with E-state index in [9.17, 15) is 0 Å². The molecule has 0 saturated carbocycles. The lowest BCUT2D eigenvalue weighted by Crippen LogP contribution is -2.26. The third-order valence-corrected chi connectivity index (χ3v) is 3.22. The van der Waals surface area contributed by atoms with Gasteiger partial charge in [0.05, 0.1) is 0 Å². The first-order valence-corrected chi connectivity index (χ1v) is 4.57. The predicted octanol–water partition coefficient (Wildman–Crippen LogP) is 2.66. The number of allylic oxidation sites excluding steroid dienone is 2. The molecular weight excluding hydrogens is 152 g/mol. The van der Waals surface area contributed by atoms with Crippen molar-refractivity contribution in [2.75, 3.05) is 6.79 Å². The quantitative estimate of drug-likeness (QED) is 0.553. The van der Waals surface area contributed by atoms with Crippen LogP contribution in [0.15, 0.2) is 11.5 Å². The van der Waals surface area contributed by atoms with Gasteiger partial charge < -0.3 is 9.47 Å². The molecule has 1 atom stereocenters. The molecular formula is C10H16O2. The van der Waals surface area contributed by atoms with E-state index in [0.29, 0.717) is 18.1 Å². The van der Waals surface area contributed by atoms with E-state index in [1.165, 1.54) is 0 Å². The maximum absolute atomic E-state index is 5.40. The number of hydrogen-bond donors (Lipinski definition) is 0. The molecule has 0 N–H and O–H groups in total. The topological polar surface area (TPSA) is 18.5 Å². The fraction of sp³-hybridized carbons (Fsp3) is 0.800. The van der Waals surface area contributed by atoms with Crippen molar-refractivity contribution in [1.29, 1.82) is 0 Å². The predicted molar refractivity (Wildman–Crippen MR) is 46.2 cm³/mol. The van der Waals surface area contributed by atoms with E-state index >= 15 is 0 Å². The van der Waals surface area contributed by atoms with Crippen molar-refractivity contribution < 1.29 is 9.47 Å². The van der Waals surface area contributed by atoms with Gasteiger partial charge in [-0.1, -0.05) is 20.8 Å². The van der Waals surface area contributed by atoms with Crippen molar-refractivity contribution >= 4 is 0 Å². The van der Waals surface area contributed by atoms with E-state index in [2.05, 4.69) is 20.8 Å². The molecule has 0 unspecified atom stereocenters. The molecule has 0 fully saturated rings. The lowest BCUT2D eigenvalue weighted by atomic mass is 9.71. The van der Waals surface area contributed by atoms with Gasteiger partial charge in [-0.15, -0.1) is 0 Å². The maximum Gasteiger partial charge on any atom is 0.230 e. The van der Waals surface area contributed by atoms with Crippen molar-refractivity contribution in [2.24, 2.45) is 11.3 Å². The van der Waals surface area contributed by atoms with Crippen LogP contribution in [0.1, 0.15) is 33.6 Å². The highest BCUT2D eigenvalue weighted by Gasteiger charge is 2.37. The van der Waals surface area contributed by atoms with E-state index in [-0.39, 0.29) is 0 Å². The van der Waals surface area contributed by atoms with Gasteiger partial charge in [0, 0.05) is 12.8 Å². The molecule has 68 valence electrons. The monoisotopic (exact) mass is 168 g/mol. The summed E-state index contributed by atoms with van der Waals surface area (Å²) in [4.78, 5) is 0. The van der Waals surface area contributed by atoms with E-state index in [0.717, 1.165) is 24.4 Å². The highest BCUT2D eigenvalue weighted by Crippen LogP contribution is 2.45. The lowest BCUT2D eigenvalue weighted by molar-refractivity contribution is 0.0682. The first-order chi connectivity index (χ1) is 5.59. The first-order valence-electron chi connectivity index (χ1n) is 4.57. The Hall–Kier alpha value is -0.660. The molecule has 0 amide bonds. The zero-order valence-electron chi connectivity index (χ0n) is 8.02. The summed E-state index contributed by atoms with van der Waals surface area (Å²) in [5.74, 6) is 2.89. The van der Waals surface area contributed by atoms with Gasteiger partial charge in [0.2, 0.25) is 6.79 Å².